The van der Waals surface area contributed by atoms with E-state index < -0.39 is 0 Å². The highest BCUT2D eigenvalue weighted by Crippen LogP contribution is 2.41. The Morgan fingerprint density at radius 1 is 0.917 bits per heavy atom. The Morgan fingerprint density at radius 2 is 1.67 bits per heavy atom. The topological polar surface area (TPSA) is 0 Å². The molecule has 1 unspecified atom stereocenters. The lowest BCUT2D eigenvalue weighted by Crippen LogP contribution is -2.07. The molecule has 0 aromatic rings. The quantitative estimate of drug-likeness (QED) is 0.576. The molecule has 0 radical (unpaired) electrons. The molecular formula is C11H22Si. The largest absolute Gasteiger partial charge is 0.0534 e. The van der Waals surface area contributed by atoms with Crippen molar-refractivity contribution in [1.29, 1.82) is 0 Å². The van der Waals surface area contributed by atoms with Crippen molar-refractivity contribution < 1.29 is 0 Å². The fraction of sp³-hybridized carbons (Fsp3) is 1.00. The third kappa shape index (κ3) is 1.93. The summed E-state index contributed by atoms with van der Waals surface area (Å²) in [6, 6.07) is 0. The van der Waals surface area contributed by atoms with Gasteiger partial charge in [-0.1, -0.05) is 50.5 Å². The molecule has 70 valence electrons. The van der Waals surface area contributed by atoms with Gasteiger partial charge >= 0.3 is 0 Å². The average Bonchev–Trinajstić information content (AvgIpc) is 2.65. The third-order valence-corrected chi connectivity index (χ3v) is 5.67. The van der Waals surface area contributed by atoms with E-state index in [0.29, 0.717) is 0 Å². The first kappa shape index (κ1) is 8.80. The molecular weight excluding hydrogens is 160 g/mol. The van der Waals surface area contributed by atoms with Crippen LogP contribution in [0.4, 0.5) is 0 Å². The SMILES string of the molecule is [SiH3][C@@H]1CCCC1CC1CCCC1. The van der Waals surface area contributed by atoms with Crippen molar-refractivity contribution in [2.75, 3.05) is 0 Å². The molecule has 2 saturated carbocycles. The molecule has 0 saturated heterocycles. The van der Waals surface area contributed by atoms with Crippen LogP contribution >= 0.6 is 0 Å². The van der Waals surface area contributed by atoms with Crippen LogP contribution in [-0.2, 0) is 0 Å². The van der Waals surface area contributed by atoms with E-state index in [1.165, 1.54) is 34.5 Å². The summed E-state index contributed by atoms with van der Waals surface area (Å²) < 4.78 is 0. The Balaban J connectivity index is 1.77. The van der Waals surface area contributed by atoms with Gasteiger partial charge in [0.1, 0.15) is 0 Å². The maximum Gasteiger partial charge on any atom is 0.00708 e. The molecule has 1 heteroatoms. The molecule has 0 nitrogen and oxygen atoms in total. The molecule has 0 spiro atoms. The van der Waals surface area contributed by atoms with Crippen LogP contribution in [0.2, 0.25) is 5.54 Å². The average molecular weight is 182 g/mol. The Bertz CT molecular complexity index is 138. The smallest absolute Gasteiger partial charge is 0.00708 e. The lowest BCUT2D eigenvalue weighted by atomic mass is 9.92. The van der Waals surface area contributed by atoms with E-state index in [0.717, 1.165) is 5.92 Å². The van der Waals surface area contributed by atoms with E-state index in [9.17, 15) is 0 Å². The predicted octanol–water partition coefficient (Wildman–Crippen LogP) is 2.52. The van der Waals surface area contributed by atoms with Crippen molar-refractivity contribution in [3.8, 4) is 0 Å². The Labute approximate surface area is 79.5 Å². The van der Waals surface area contributed by atoms with Crippen molar-refractivity contribution in [1.82, 2.24) is 0 Å². The summed E-state index contributed by atoms with van der Waals surface area (Å²) >= 11 is 0. The standard InChI is InChI=1S/C11H22Si/c12-11-7-3-6-10(11)8-9-4-1-2-5-9/h9-11H,1-8H2,12H3/t10?,11-/m1/s1. The minimum absolute atomic E-state index is 1.14. The molecule has 0 amide bonds. The van der Waals surface area contributed by atoms with Crippen LogP contribution in [0.3, 0.4) is 0 Å². The van der Waals surface area contributed by atoms with E-state index in [4.69, 9.17) is 0 Å². The first-order chi connectivity index (χ1) is 5.86. The van der Waals surface area contributed by atoms with Crippen LogP contribution in [0.15, 0.2) is 0 Å². The summed E-state index contributed by atoms with van der Waals surface area (Å²) in [5.74, 6) is 2.31. The second-order valence-corrected chi connectivity index (χ2v) is 6.54. The molecule has 12 heavy (non-hydrogen) atoms. The Kier molecular flexibility index (Phi) is 2.90. The second-order valence-electron chi connectivity index (χ2n) is 5.05. The van der Waals surface area contributed by atoms with Gasteiger partial charge in [0.15, 0.2) is 0 Å². The van der Waals surface area contributed by atoms with Crippen molar-refractivity contribution in [2.24, 2.45) is 11.8 Å². The summed E-state index contributed by atoms with van der Waals surface area (Å²) in [5, 5.41) is 0. The lowest BCUT2D eigenvalue weighted by Gasteiger charge is -2.19. The first-order valence-electron chi connectivity index (χ1n) is 5.86. The first-order valence-corrected chi connectivity index (χ1v) is 7.01. The fourth-order valence-corrected chi connectivity index (χ4v) is 4.26. The summed E-state index contributed by atoms with van der Waals surface area (Å²) in [5.41, 5.74) is 1.19. The number of hydrogen-bond donors (Lipinski definition) is 0. The summed E-state index contributed by atoms with van der Waals surface area (Å²) in [7, 11) is 1.47. The zero-order chi connectivity index (χ0) is 8.39. The Hall–Kier alpha value is 0.217. The van der Waals surface area contributed by atoms with E-state index >= 15 is 0 Å². The molecule has 0 aromatic heterocycles. The van der Waals surface area contributed by atoms with Gasteiger partial charge in [0.2, 0.25) is 0 Å². The zero-order valence-electron chi connectivity index (χ0n) is 8.39. The molecule has 2 aliphatic carbocycles. The molecule has 0 aromatic carbocycles. The Morgan fingerprint density at radius 3 is 2.25 bits per heavy atom. The van der Waals surface area contributed by atoms with Gasteiger partial charge < -0.3 is 0 Å². The van der Waals surface area contributed by atoms with Crippen molar-refractivity contribution in [3.63, 3.8) is 0 Å². The molecule has 0 N–H and O–H groups in total. The molecule has 0 bridgehead atoms. The molecule has 2 fully saturated rings. The highest BCUT2D eigenvalue weighted by molar-refractivity contribution is 6.11. The van der Waals surface area contributed by atoms with Crippen LogP contribution in [0.25, 0.3) is 0 Å². The maximum atomic E-state index is 1.61. The third-order valence-electron chi connectivity index (χ3n) is 4.15. The minimum atomic E-state index is 1.14. The predicted molar refractivity (Wildman–Crippen MR) is 57.6 cm³/mol. The van der Waals surface area contributed by atoms with Gasteiger partial charge in [-0.2, -0.15) is 0 Å². The number of hydrogen-bond acceptors (Lipinski definition) is 0. The lowest BCUT2D eigenvalue weighted by molar-refractivity contribution is 0.382. The van der Waals surface area contributed by atoms with Crippen LogP contribution in [0.1, 0.15) is 51.4 Å². The molecule has 2 aliphatic rings. The van der Waals surface area contributed by atoms with Gasteiger partial charge in [-0.3, -0.25) is 0 Å². The highest BCUT2D eigenvalue weighted by Gasteiger charge is 2.27. The van der Waals surface area contributed by atoms with Crippen LogP contribution < -0.4 is 0 Å². The van der Waals surface area contributed by atoms with Gasteiger partial charge in [0, 0.05) is 10.2 Å². The fourth-order valence-electron chi connectivity index (χ4n) is 3.25. The zero-order valence-corrected chi connectivity index (χ0v) is 10.4. The molecule has 2 rings (SSSR count). The van der Waals surface area contributed by atoms with Crippen molar-refractivity contribution >= 4 is 10.2 Å². The van der Waals surface area contributed by atoms with E-state index in [2.05, 4.69) is 0 Å². The summed E-state index contributed by atoms with van der Waals surface area (Å²) in [6.45, 7) is 0. The second kappa shape index (κ2) is 3.95. The molecule has 0 heterocycles. The monoisotopic (exact) mass is 182 g/mol. The van der Waals surface area contributed by atoms with Gasteiger partial charge in [0.05, 0.1) is 0 Å². The normalized spacial score (nSPS) is 38.0. The maximum absolute atomic E-state index is 1.61. The van der Waals surface area contributed by atoms with Gasteiger partial charge in [0.25, 0.3) is 0 Å². The minimum Gasteiger partial charge on any atom is -0.0534 e. The van der Waals surface area contributed by atoms with Gasteiger partial charge in [-0.05, 0) is 18.3 Å². The summed E-state index contributed by atoms with van der Waals surface area (Å²) in [4.78, 5) is 0. The van der Waals surface area contributed by atoms with E-state index in [-0.39, 0.29) is 0 Å². The summed E-state index contributed by atoms with van der Waals surface area (Å²) in [6.07, 6.45) is 12.5. The molecule has 2 atom stereocenters. The van der Waals surface area contributed by atoms with Crippen LogP contribution in [0, 0.1) is 11.8 Å². The highest BCUT2D eigenvalue weighted by atomic mass is 28.1. The van der Waals surface area contributed by atoms with Crippen molar-refractivity contribution in [3.05, 3.63) is 0 Å². The van der Waals surface area contributed by atoms with Gasteiger partial charge in [-0.15, -0.1) is 0 Å². The molecule has 0 aliphatic heterocycles. The van der Waals surface area contributed by atoms with E-state index in [1.54, 1.807) is 38.5 Å². The van der Waals surface area contributed by atoms with Crippen LogP contribution in [0.5, 0.6) is 0 Å². The van der Waals surface area contributed by atoms with Crippen molar-refractivity contribution in [2.45, 2.75) is 56.9 Å². The van der Waals surface area contributed by atoms with E-state index in [1.807, 2.05) is 0 Å². The van der Waals surface area contributed by atoms with Crippen LogP contribution in [-0.4, -0.2) is 10.2 Å². The number of rotatable bonds is 2. The van der Waals surface area contributed by atoms with Gasteiger partial charge in [-0.25, -0.2) is 0 Å².